The van der Waals surface area contributed by atoms with Gasteiger partial charge in [0.05, 0.1) is 23.4 Å². The fraction of sp³-hybridized carbons (Fsp3) is 0.214. The van der Waals surface area contributed by atoms with E-state index >= 15 is 0 Å². The topological polar surface area (TPSA) is 77.3 Å². The molecule has 0 fully saturated rings. The lowest BCUT2D eigenvalue weighted by molar-refractivity contribution is -0.384. The first-order valence-corrected chi connectivity index (χ1v) is 6.34. The maximum atomic E-state index is 12.0. The van der Waals surface area contributed by atoms with Gasteiger partial charge in [0, 0.05) is 6.07 Å². The van der Waals surface area contributed by atoms with E-state index in [0.29, 0.717) is 11.4 Å². The molecular formula is C14H13F2N3O3. The van der Waals surface area contributed by atoms with Crippen molar-refractivity contribution in [2.24, 2.45) is 0 Å². The lowest BCUT2D eigenvalue weighted by Crippen LogP contribution is -2.06. The van der Waals surface area contributed by atoms with E-state index in [2.05, 4.69) is 15.0 Å². The fourth-order valence-electron chi connectivity index (χ4n) is 1.82. The van der Waals surface area contributed by atoms with Gasteiger partial charge in [0.2, 0.25) is 0 Å². The van der Waals surface area contributed by atoms with Crippen LogP contribution in [0, 0.1) is 17.0 Å². The van der Waals surface area contributed by atoms with Crippen molar-refractivity contribution in [3.05, 3.63) is 57.9 Å². The van der Waals surface area contributed by atoms with Gasteiger partial charge in [0.15, 0.2) is 0 Å². The number of pyridine rings is 1. The predicted octanol–water partition coefficient (Wildman–Crippen LogP) is 3.51. The third-order valence-corrected chi connectivity index (χ3v) is 2.83. The molecule has 0 atom stereocenters. The van der Waals surface area contributed by atoms with Crippen molar-refractivity contribution in [2.45, 2.75) is 20.1 Å². The van der Waals surface area contributed by atoms with Gasteiger partial charge in [-0.15, -0.1) is 0 Å². The molecule has 0 saturated carbocycles. The number of hydrogen-bond donors (Lipinski definition) is 1. The Hall–Kier alpha value is -2.77. The molecule has 1 aromatic heterocycles. The number of alkyl halides is 2. The van der Waals surface area contributed by atoms with Gasteiger partial charge in [-0.1, -0.05) is 6.07 Å². The first-order valence-electron chi connectivity index (χ1n) is 6.34. The molecule has 8 heteroatoms. The summed E-state index contributed by atoms with van der Waals surface area (Å²) >= 11 is 0. The standard InChI is InChI=1S/C14H13F2N3O3/c1-9-2-5-13(19(20)21)12(6-9)18-7-10-3-4-11(8-17-10)22-14(15)16/h2-6,8,14,18H,7H2,1H3. The molecule has 0 bridgehead atoms. The SMILES string of the molecule is Cc1ccc([N+](=O)[O-])c(NCc2ccc(OC(F)F)cn2)c1. The number of hydrogen-bond acceptors (Lipinski definition) is 5. The number of nitro benzene ring substituents is 1. The molecule has 2 aromatic rings. The number of nitro groups is 1. The molecule has 1 heterocycles. The number of aromatic nitrogens is 1. The molecule has 0 aliphatic carbocycles. The summed E-state index contributed by atoms with van der Waals surface area (Å²) in [5.74, 6) is -0.0414. The zero-order chi connectivity index (χ0) is 16.1. The van der Waals surface area contributed by atoms with Gasteiger partial charge >= 0.3 is 6.61 Å². The molecule has 0 amide bonds. The van der Waals surface area contributed by atoms with Crippen LogP contribution in [0.4, 0.5) is 20.2 Å². The summed E-state index contributed by atoms with van der Waals surface area (Å²) < 4.78 is 28.2. The van der Waals surface area contributed by atoms with Crippen LogP contribution < -0.4 is 10.1 Å². The lowest BCUT2D eigenvalue weighted by Gasteiger charge is -2.08. The second-order valence-corrected chi connectivity index (χ2v) is 4.50. The van der Waals surface area contributed by atoms with E-state index in [-0.39, 0.29) is 18.0 Å². The summed E-state index contributed by atoms with van der Waals surface area (Å²) in [7, 11) is 0. The van der Waals surface area contributed by atoms with Gasteiger partial charge in [0.25, 0.3) is 5.69 Å². The Morgan fingerprint density at radius 1 is 1.36 bits per heavy atom. The van der Waals surface area contributed by atoms with Crippen LogP contribution in [0.15, 0.2) is 36.5 Å². The zero-order valence-electron chi connectivity index (χ0n) is 11.6. The zero-order valence-corrected chi connectivity index (χ0v) is 11.6. The Morgan fingerprint density at radius 3 is 2.73 bits per heavy atom. The first kappa shape index (κ1) is 15.6. The summed E-state index contributed by atoms with van der Waals surface area (Å²) in [5, 5.41) is 13.9. The molecule has 0 aliphatic heterocycles. The molecule has 0 spiro atoms. The molecule has 22 heavy (non-hydrogen) atoms. The lowest BCUT2D eigenvalue weighted by atomic mass is 10.2. The van der Waals surface area contributed by atoms with Gasteiger partial charge in [-0.3, -0.25) is 15.1 Å². The van der Waals surface area contributed by atoms with E-state index < -0.39 is 11.5 Å². The van der Waals surface area contributed by atoms with E-state index in [1.165, 1.54) is 24.4 Å². The summed E-state index contributed by atoms with van der Waals surface area (Å²) in [6.07, 6.45) is 1.17. The molecule has 1 N–H and O–H groups in total. The highest BCUT2D eigenvalue weighted by Gasteiger charge is 2.13. The Bertz CT molecular complexity index is 663. The maximum Gasteiger partial charge on any atom is 0.387 e. The molecule has 0 aliphatic rings. The molecule has 6 nitrogen and oxygen atoms in total. The average Bonchev–Trinajstić information content (AvgIpc) is 2.45. The van der Waals surface area contributed by atoms with Gasteiger partial charge in [0.1, 0.15) is 11.4 Å². The van der Waals surface area contributed by atoms with E-state index in [9.17, 15) is 18.9 Å². The summed E-state index contributed by atoms with van der Waals surface area (Å²) in [4.78, 5) is 14.4. The Labute approximate surface area is 124 Å². The van der Waals surface area contributed by atoms with Crippen LogP contribution in [0.1, 0.15) is 11.3 Å². The second-order valence-electron chi connectivity index (χ2n) is 4.50. The van der Waals surface area contributed by atoms with Crippen molar-refractivity contribution in [1.82, 2.24) is 4.98 Å². The van der Waals surface area contributed by atoms with Crippen molar-refractivity contribution < 1.29 is 18.4 Å². The van der Waals surface area contributed by atoms with Gasteiger partial charge in [-0.25, -0.2) is 0 Å². The Balaban J connectivity index is 2.07. The summed E-state index contributed by atoms with van der Waals surface area (Å²) in [6, 6.07) is 7.60. The van der Waals surface area contributed by atoms with Crippen LogP contribution in [0.3, 0.4) is 0 Å². The Morgan fingerprint density at radius 2 is 2.14 bits per heavy atom. The molecule has 0 unspecified atom stereocenters. The minimum atomic E-state index is -2.90. The summed E-state index contributed by atoms with van der Waals surface area (Å²) in [6.45, 7) is -0.858. The van der Waals surface area contributed by atoms with E-state index in [1.807, 2.05) is 6.92 Å². The predicted molar refractivity (Wildman–Crippen MR) is 76.0 cm³/mol. The van der Waals surface area contributed by atoms with Crippen LogP contribution in [0.25, 0.3) is 0 Å². The van der Waals surface area contributed by atoms with Crippen LogP contribution in [0.5, 0.6) is 5.75 Å². The van der Waals surface area contributed by atoms with Crippen molar-refractivity contribution >= 4 is 11.4 Å². The molecule has 0 radical (unpaired) electrons. The Kier molecular flexibility index (Phi) is 4.82. The number of nitrogens with one attached hydrogen (secondary N) is 1. The van der Waals surface area contributed by atoms with Crippen molar-refractivity contribution in [3.63, 3.8) is 0 Å². The van der Waals surface area contributed by atoms with Crippen molar-refractivity contribution in [1.29, 1.82) is 0 Å². The fourth-order valence-corrected chi connectivity index (χ4v) is 1.82. The number of anilines is 1. The molecule has 116 valence electrons. The smallest absolute Gasteiger partial charge is 0.387 e. The molecule has 1 aromatic carbocycles. The van der Waals surface area contributed by atoms with Gasteiger partial charge < -0.3 is 10.1 Å². The van der Waals surface area contributed by atoms with Crippen molar-refractivity contribution in [3.8, 4) is 5.75 Å². The van der Waals surface area contributed by atoms with E-state index in [4.69, 9.17) is 0 Å². The maximum absolute atomic E-state index is 12.0. The van der Waals surface area contributed by atoms with E-state index in [0.717, 1.165) is 5.56 Å². The number of aryl methyl sites for hydroxylation is 1. The highest BCUT2D eigenvalue weighted by atomic mass is 19.3. The highest BCUT2D eigenvalue weighted by Crippen LogP contribution is 2.25. The minimum absolute atomic E-state index is 0.0387. The van der Waals surface area contributed by atoms with Crippen LogP contribution in [-0.2, 0) is 6.54 Å². The second kappa shape index (κ2) is 6.79. The largest absolute Gasteiger partial charge is 0.433 e. The highest BCUT2D eigenvalue weighted by molar-refractivity contribution is 5.62. The van der Waals surface area contributed by atoms with E-state index in [1.54, 1.807) is 12.1 Å². The van der Waals surface area contributed by atoms with Gasteiger partial charge in [-0.05, 0) is 30.7 Å². The molecule has 0 saturated heterocycles. The number of benzene rings is 1. The normalized spacial score (nSPS) is 10.5. The third kappa shape index (κ3) is 4.11. The number of halogens is 2. The first-order chi connectivity index (χ1) is 10.5. The third-order valence-electron chi connectivity index (χ3n) is 2.83. The van der Waals surface area contributed by atoms with Crippen molar-refractivity contribution in [2.75, 3.05) is 5.32 Å². The molecular weight excluding hydrogens is 296 g/mol. The van der Waals surface area contributed by atoms with Crippen LogP contribution in [0.2, 0.25) is 0 Å². The van der Waals surface area contributed by atoms with Crippen LogP contribution >= 0.6 is 0 Å². The van der Waals surface area contributed by atoms with Gasteiger partial charge in [-0.2, -0.15) is 8.78 Å². The monoisotopic (exact) mass is 309 g/mol. The van der Waals surface area contributed by atoms with Crippen LogP contribution in [-0.4, -0.2) is 16.5 Å². The quantitative estimate of drug-likeness (QED) is 0.652. The summed E-state index contributed by atoms with van der Waals surface area (Å²) in [5.41, 5.74) is 1.75. The minimum Gasteiger partial charge on any atom is -0.433 e. The number of rotatable bonds is 6. The number of ether oxygens (including phenoxy) is 1. The average molecular weight is 309 g/mol. The number of nitrogens with zero attached hydrogens (tertiary/aromatic N) is 2. The molecule has 2 rings (SSSR count).